The van der Waals surface area contributed by atoms with E-state index < -0.39 is 5.82 Å². The molecule has 0 bridgehead atoms. The summed E-state index contributed by atoms with van der Waals surface area (Å²) in [4.78, 5) is 12.1. The van der Waals surface area contributed by atoms with Crippen molar-refractivity contribution in [1.82, 2.24) is 0 Å². The van der Waals surface area contributed by atoms with Gasteiger partial charge in [0.1, 0.15) is 5.82 Å². The van der Waals surface area contributed by atoms with Crippen LogP contribution in [-0.2, 0) is 0 Å². The molecule has 0 amide bonds. The summed E-state index contributed by atoms with van der Waals surface area (Å²) in [6.07, 6.45) is 1.20. The minimum Gasteiger partial charge on any atom is -0.330 e. The second-order valence-electron chi connectivity index (χ2n) is 4.98. The van der Waals surface area contributed by atoms with Gasteiger partial charge in [0.05, 0.1) is 5.02 Å². The third kappa shape index (κ3) is 4.39. The molecule has 0 aliphatic rings. The Kier molecular flexibility index (Phi) is 5.76. The number of carbonyl (C=O) groups excluding carboxylic acids is 1. The molecule has 2 nitrogen and oxygen atoms in total. The summed E-state index contributed by atoms with van der Waals surface area (Å²) in [7, 11) is 0. The first-order valence-electron chi connectivity index (χ1n) is 6.12. The Morgan fingerprint density at radius 1 is 1.44 bits per heavy atom. The number of hydrogen-bond donors (Lipinski definition) is 1. The van der Waals surface area contributed by atoms with Crippen molar-refractivity contribution < 1.29 is 9.18 Å². The highest BCUT2D eigenvalue weighted by molar-refractivity contribution is 6.33. The highest BCUT2D eigenvalue weighted by atomic mass is 35.5. The molecule has 0 saturated heterocycles. The number of Topliss-reactive ketones (excluding diaryl/α,β-unsaturated/α-hetero) is 1. The van der Waals surface area contributed by atoms with Crippen LogP contribution in [-0.4, -0.2) is 12.3 Å². The molecular formula is C14H19ClFNO. The van der Waals surface area contributed by atoms with E-state index in [1.165, 1.54) is 18.2 Å². The molecule has 4 heteroatoms. The van der Waals surface area contributed by atoms with E-state index in [1.54, 1.807) is 0 Å². The van der Waals surface area contributed by atoms with E-state index in [1.807, 2.05) is 0 Å². The molecule has 0 heterocycles. The van der Waals surface area contributed by atoms with Crippen molar-refractivity contribution in [2.75, 3.05) is 6.54 Å². The first kappa shape index (κ1) is 15.1. The zero-order valence-corrected chi connectivity index (χ0v) is 11.5. The molecule has 1 aromatic carbocycles. The van der Waals surface area contributed by atoms with Gasteiger partial charge in [0.25, 0.3) is 0 Å². The normalized spacial score (nSPS) is 12.8. The van der Waals surface area contributed by atoms with Gasteiger partial charge in [0.15, 0.2) is 5.78 Å². The summed E-state index contributed by atoms with van der Waals surface area (Å²) < 4.78 is 13.1. The SMILES string of the molecule is CC(C)CC(CN)CC(=O)c1cc(F)ccc1Cl. The van der Waals surface area contributed by atoms with E-state index in [-0.39, 0.29) is 17.3 Å². The van der Waals surface area contributed by atoms with E-state index in [0.717, 1.165) is 6.42 Å². The topological polar surface area (TPSA) is 43.1 Å². The van der Waals surface area contributed by atoms with E-state index in [2.05, 4.69) is 13.8 Å². The Morgan fingerprint density at radius 2 is 2.11 bits per heavy atom. The number of benzene rings is 1. The number of rotatable bonds is 6. The third-order valence-corrected chi connectivity index (χ3v) is 3.17. The molecule has 100 valence electrons. The summed E-state index contributed by atoms with van der Waals surface area (Å²) in [5.41, 5.74) is 5.91. The standard InChI is InChI=1S/C14H19ClFNO/c1-9(2)5-10(8-17)6-14(18)12-7-11(16)3-4-13(12)15/h3-4,7,9-10H,5-6,8,17H2,1-2H3. The minimum absolute atomic E-state index is 0.122. The first-order chi connectivity index (χ1) is 8.43. The molecule has 0 spiro atoms. The Balaban J connectivity index is 2.77. The van der Waals surface area contributed by atoms with Gasteiger partial charge in [-0.2, -0.15) is 0 Å². The average Bonchev–Trinajstić information content (AvgIpc) is 2.30. The largest absolute Gasteiger partial charge is 0.330 e. The van der Waals surface area contributed by atoms with Crippen LogP contribution in [0.5, 0.6) is 0 Å². The van der Waals surface area contributed by atoms with Gasteiger partial charge in [-0.25, -0.2) is 4.39 Å². The average molecular weight is 272 g/mol. The Morgan fingerprint density at radius 3 is 2.67 bits per heavy atom. The maximum Gasteiger partial charge on any atom is 0.164 e. The molecule has 1 aromatic rings. The second kappa shape index (κ2) is 6.86. The number of halogens is 2. The van der Waals surface area contributed by atoms with Crippen LogP contribution >= 0.6 is 11.6 Å². The van der Waals surface area contributed by atoms with Crippen molar-refractivity contribution in [1.29, 1.82) is 0 Å². The summed E-state index contributed by atoms with van der Waals surface area (Å²) in [6, 6.07) is 3.84. The number of nitrogens with two attached hydrogens (primary N) is 1. The molecule has 0 fully saturated rings. The molecule has 18 heavy (non-hydrogen) atoms. The number of hydrogen-bond acceptors (Lipinski definition) is 2. The highest BCUT2D eigenvalue weighted by Gasteiger charge is 2.17. The highest BCUT2D eigenvalue weighted by Crippen LogP contribution is 2.22. The van der Waals surface area contributed by atoms with E-state index in [9.17, 15) is 9.18 Å². The molecule has 0 radical (unpaired) electrons. The summed E-state index contributed by atoms with van der Waals surface area (Å²) in [6.45, 7) is 4.63. The fraction of sp³-hybridized carbons (Fsp3) is 0.500. The van der Waals surface area contributed by atoms with Crippen LogP contribution in [0.3, 0.4) is 0 Å². The summed E-state index contributed by atoms with van der Waals surface area (Å²) in [5, 5.41) is 0.293. The molecule has 0 aromatic heterocycles. The van der Waals surface area contributed by atoms with E-state index >= 15 is 0 Å². The minimum atomic E-state index is -0.448. The van der Waals surface area contributed by atoms with Crippen molar-refractivity contribution in [3.05, 3.63) is 34.6 Å². The molecule has 1 atom stereocenters. The van der Waals surface area contributed by atoms with Crippen LogP contribution in [0.2, 0.25) is 5.02 Å². The smallest absolute Gasteiger partial charge is 0.164 e. The van der Waals surface area contributed by atoms with Crippen molar-refractivity contribution >= 4 is 17.4 Å². The van der Waals surface area contributed by atoms with Crippen molar-refractivity contribution in [2.24, 2.45) is 17.6 Å². The first-order valence-corrected chi connectivity index (χ1v) is 6.50. The van der Waals surface area contributed by atoms with Gasteiger partial charge in [-0.1, -0.05) is 25.4 Å². The van der Waals surface area contributed by atoms with Crippen molar-refractivity contribution in [3.63, 3.8) is 0 Å². The predicted octanol–water partition coefficient (Wildman–Crippen LogP) is 3.67. The monoisotopic (exact) mass is 271 g/mol. The van der Waals surface area contributed by atoms with Crippen LogP contribution in [0.4, 0.5) is 4.39 Å². The lowest BCUT2D eigenvalue weighted by molar-refractivity contribution is 0.0957. The lowest BCUT2D eigenvalue weighted by Crippen LogP contribution is -2.20. The summed E-state index contributed by atoms with van der Waals surface area (Å²) in [5.74, 6) is 0.0117. The zero-order chi connectivity index (χ0) is 13.7. The van der Waals surface area contributed by atoms with Gasteiger partial charge in [-0.3, -0.25) is 4.79 Å². The number of ketones is 1. The van der Waals surface area contributed by atoms with Crippen LogP contribution < -0.4 is 5.73 Å². The van der Waals surface area contributed by atoms with Gasteiger partial charge >= 0.3 is 0 Å². The maximum absolute atomic E-state index is 13.1. The van der Waals surface area contributed by atoms with E-state index in [0.29, 0.717) is 23.9 Å². The summed E-state index contributed by atoms with van der Waals surface area (Å²) >= 11 is 5.90. The third-order valence-electron chi connectivity index (χ3n) is 2.84. The van der Waals surface area contributed by atoms with Gasteiger partial charge in [-0.15, -0.1) is 0 Å². The maximum atomic E-state index is 13.1. The lowest BCUT2D eigenvalue weighted by atomic mass is 9.91. The molecule has 2 N–H and O–H groups in total. The Bertz CT molecular complexity index is 420. The van der Waals surface area contributed by atoms with Gasteiger partial charge < -0.3 is 5.73 Å². The molecule has 0 aliphatic carbocycles. The van der Waals surface area contributed by atoms with Gasteiger partial charge in [-0.05, 0) is 43.0 Å². The fourth-order valence-corrected chi connectivity index (χ4v) is 2.24. The van der Waals surface area contributed by atoms with Crippen LogP contribution in [0.15, 0.2) is 18.2 Å². The fourth-order valence-electron chi connectivity index (χ4n) is 2.01. The van der Waals surface area contributed by atoms with Crippen LogP contribution in [0.25, 0.3) is 0 Å². The zero-order valence-electron chi connectivity index (χ0n) is 10.7. The molecule has 1 unspecified atom stereocenters. The number of carbonyl (C=O) groups is 1. The van der Waals surface area contributed by atoms with Crippen LogP contribution in [0, 0.1) is 17.7 Å². The van der Waals surface area contributed by atoms with E-state index in [4.69, 9.17) is 17.3 Å². The molecule has 0 saturated carbocycles. The second-order valence-corrected chi connectivity index (χ2v) is 5.39. The van der Waals surface area contributed by atoms with Gasteiger partial charge in [0.2, 0.25) is 0 Å². The Hall–Kier alpha value is -0.930. The van der Waals surface area contributed by atoms with Crippen molar-refractivity contribution in [2.45, 2.75) is 26.7 Å². The Labute approximate surface area is 112 Å². The quantitative estimate of drug-likeness (QED) is 0.802. The predicted molar refractivity (Wildman–Crippen MR) is 72.4 cm³/mol. The molecule has 1 rings (SSSR count). The van der Waals surface area contributed by atoms with Gasteiger partial charge in [0, 0.05) is 12.0 Å². The lowest BCUT2D eigenvalue weighted by Gasteiger charge is -2.16. The van der Waals surface area contributed by atoms with Crippen molar-refractivity contribution in [3.8, 4) is 0 Å². The molecule has 0 aliphatic heterocycles. The van der Waals surface area contributed by atoms with Crippen LogP contribution in [0.1, 0.15) is 37.0 Å². The molecular weight excluding hydrogens is 253 g/mol.